The average Bonchev–Trinajstić information content (AvgIpc) is 2.77. The van der Waals surface area contributed by atoms with Gasteiger partial charge in [-0.05, 0) is 24.1 Å². The van der Waals surface area contributed by atoms with E-state index >= 15 is 0 Å². The molecule has 2 aromatic heterocycles. The number of carboxylic acid groups (broad SMARTS) is 1. The van der Waals surface area contributed by atoms with Crippen molar-refractivity contribution in [3.63, 3.8) is 0 Å². The van der Waals surface area contributed by atoms with Crippen molar-refractivity contribution in [2.24, 2.45) is 0 Å². The topological polar surface area (TPSA) is 76.6 Å². The molecular weight excluding hydrogens is 258 g/mol. The molecule has 0 saturated carbocycles. The Bertz CT molecular complexity index is 753. The molecule has 0 bridgehead atoms. The molecule has 20 heavy (non-hydrogen) atoms. The molecule has 0 atom stereocenters. The highest BCUT2D eigenvalue weighted by Gasteiger charge is 2.16. The minimum atomic E-state index is -1.09. The van der Waals surface area contributed by atoms with Crippen LogP contribution in [0.25, 0.3) is 11.1 Å². The van der Waals surface area contributed by atoms with E-state index in [2.05, 4.69) is 11.7 Å². The lowest BCUT2D eigenvalue weighted by atomic mass is 10.2. The molecule has 0 unspecified atom stereocenters. The molecule has 2 aromatic rings. The van der Waals surface area contributed by atoms with Crippen LogP contribution >= 0.6 is 0 Å². The molecule has 2 rings (SSSR count). The van der Waals surface area contributed by atoms with Crippen LogP contribution in [-0.4, -0.2) is 25.3 Å². The van der Waals surface area contributed by atoms with Gasteiger partial charge in [0.05, 0.1) is 0 Å². The summed E-state index contributed by atoms with van der Waals surface area (Å²) in [5, 5.41) is 13.0. The zero-order valence-corrected chi connectivity index (χ0v) is 11.8. The van der Waals surface area contributed by atoms with Crippen molar-refractivity contribution in [2.75, 3.05) is 0 Å². The van der Waals surface area contributed by atoms with Gasteiger partial charge < -0.3 is 5.11 Å². The SMILES string of the molecule is C=C(C)c1cc2c(=O)n(CC(=O)O)nc(C(C)C)n2c1. The van der Waals surface area contributed by atoms with Gasteiger partial charge >= 0.3 is 5.97 Å². The lowest BCUT2D eigenvalue weighted by Crippen LogP contribution is -2.30. The van der Waals surface area contributed by atoms with E-state index in [0.717, 1.165) is 15.8 Å². The summed E-state index contributed by atoms with van der Waals surface area (Å²) in [6, 6.07) is 1.72. The average molecular weight is 275 g/mol. The van der Waals surface area contributed by atoms with E-state index < -0.39 is 18.1 Å². The number of nitrogens with zero attached hydrogens (tertiary/aromatic N) is 3. The maximum absolute atomic E-state index is 12.3. The third-order valence-corrected chi connectivity index (χ3v) is 3.04. The summed E-state index contributed by atoms with van der Waals surface area (Å²) in [6.45, 7) is 9.16. The quantitative estimate of drug-likeness (QED) is 0.922. The first-order valence-corrected chi connectivity index (χ1v) is 6.32. The summed E-state index contributed by atoms with van der Waals surface area (Å²) >= 11 is 0. The first-order valence-electron chi connectivity index (χ1n) is 6.32. The van der Waals surface area contributed by atoms with Gasteiger partial charge in [0.2, 0.25) is 0 Å². The first kappa shape index (κ1) is 14.0. The zero-order chi connectivity index (χ0) is 15.0. The van der Waals surface area contributed by atoms with E-state index in [0.29, 0.717) is 11.3 Å². The largest absolute Gasteiger partial charge is 0.480 e. The predicted molar refractivity (Wildman–Crippen MR) is 75.9 cm³/mol. The molecule has 6 heteroatoms. The van der Waals surface area contributed by atoms with Crippen LogP contribution in [0, 0.1) is 0 Å². The normalized spacial score (nSPS) is 11.2. The second kappa shape index (κ2) is 4.96. The molecule has 6 nitrogen and oxygen atoms in total. The molecule has 0 aromatic carbocycles. The van der Waals surface area contributed by atoms with Crippen LogP contribution in [0.2, 0.25) is 0 Å². The van der Waals surface area contributed by atoms with Crippen LogP contribution in [0.4, 0.5) is 0 Å². The molecule has 0 aliphatic carbocycles. The minimum Gasteiger partial charge on any atom is -0.480 e. The van der Waals surface area contributed by atoms with Crippen molar-refractivity contribution in [1.82, 2.24) is 14.2 Å². The molecule has 2 heterocycles. The van der Waals surface area contributed by atoms with Gasteiger partial charge in [0, 0.05) is 12.1 Å². The number of hydrogen-bond acceptors (Lipinski definition) is 3. The van der Waals surface area contributed by atoms with Gasteiger partial charge in [-0.3, -0.25) is 14.0 Å². The summed E-state index contributed by atoms with van der Waals surface area (Å²) in [4.78, 5) is 23.1. The second-order valence-corrected chi connectivity index (χ2v) is 5.13. The van der Waals surface area contributed by atoms with Gasteiger partial charge in [-0.15, -0.1) is 0 Å². The number of fused-ring (bicyclic) bond motifs is 1. The van der Waals surface area contributed by atoms with Gasteiger partial charge in [-0.25, -0.2) is 4.68 Å². The van der Waals surface area contributed by atoms with Crippen LogP contribution in [0.5, 0.6) is 0 Å². The fraction of sp³-hybridized carbons (Fsp3) is 0.357. The highest BCUT2D eigenvalue weighted by Crippen LogP contribution is 2.18. The molecule has 106 valence electrons. The standard InChI is InChI=1S/C14H17N3O3/c1-8(2)10-5-11-14(20)17(7-12(18)19)15-13(9(3)4)16(11)6-10/h5-6,9H,1,7H2,2-4H3,(H,18,19). The third-order valence-electron chi connectivity index (χ3n) is 3.04. The molecular formula is C14H17N3O3. The highest BCUT2D eigenvalue weighted by atomic mass is 16.4. The number of allylic oxidation sites excluding steroid dienone is 1. The Labute approximate surface area is 116 Å². The zero-order valence-electron chi connectivity index (χ0n) is 11.8. The molecule has 1 N–H and O–H groups in total. The van der Waals surface area contributed by atoms with E-state index in [4.69, 9.17) is 5.11 Å². The first-order chi connectivity index (χ1) is 9.31. The molecule has 0 saturated heterocycles. The van der Waals surface area contributed by atoms with Gasteiger partial charge in [0.15, 0.2) is 0 Å². The van der Waals surface area contributed by atoms with Crippen molar-refractivity contribution in [2.45, 2.75) is 33.2 Å². The molecule has 0 aliphatic rings. The van der Waals surface area contributed by atoms with Crippen molar-refractivity contribution in [3.8, 4) is 0 Å². The molecule has 0 amide bonds. The number of aromatic nitrogens is 3. The van der Waals surface area contributed by atoms with Crippen LogP contribution < -0.4 is 5.56 Å². The Balaban J connectivity index is 2.80. The van der Waals surface area contributed by atoms with Crippen molar-refractivity contribution in [3.05, 3.63) is 40.6 Å². The van der Waals surface area contributed by atoms with Crippen LogP contribution in [0.1, 0.15) is 38.1 Å². The maximum atomic E-state index is 12.3. The maximum Gasteiger partial charge on any atom is 0.325 e. The Morgan fingerprint density at radius 2 is 2.15 bits per heavy atom. The summed E-state index contributed by atoms with van der Waals surface area (Å²) in [6.07, 6.45) is 1.81. The fourth-order valence-corrected chi connectivity index (χ4v) is 2.03. The highest BCUT2D eigenvalue weighted by molar-refractivity contribution is 5.68. The number of rotatable bonds is 4. The van der Waals surface area contributed by atoms with E-state index in [1.54, 1.807) is 10.5 Å². The van der Waals surface area contributed by atoms with E-state index in [1.807, 2.05) is 27.0 Å². The van der Waals surface area contributed by atoms with Gasteiger partial charge in [-0.2, -0.15) is 5.10 Å². The smallest absolute Gasteiger partial charge is 0.325 e. The number of carboxylic acids is 1. The molecule has 0 spiro atoms. The van der Waals surface area contributed by atoms with Crippen LogP contribution in [0.15, 0.2) is 23.6 Å². The lowest BCUT2D eigenvalue weighted by Gasteiger charge is -2.11. The Kier molecular flexibility index (Phi) is 3.48. The minimum absolute atomic E-state index is 0.0588. The third kappa shape index (κ3) is 2.36. The van der Waals surface area contributed by atoms with Crippen molar-refractivity contribution >= 4 is 17.1 Å². The Morgan fingerprint density at radius 1 is 1.50 bits per heavy atom. The summed E-state index contributed by atoms with van der Waals surface area (Å²) in [7, 11) is 0. The second-order valence-electron chi connectivity index (χ2n) is 5.13. The van der Waals surface area contributed by atoms with E-state index in [-0.39, 0.29) is 5.92 Å². The lowest BCUT2D eigenvalue weighted by molar-refractivity contribution is -0.138. The summed E-state index contributed by atoms with van der Waals surface area (Å²) in [5.41, 5.74) is 1.69. The molecule has 0 aliphatic heterocycles. The van der Waals surface area contributed by atoms with Gasteiger partial charge in [0.1, 0.15) is 17.9 Å². The van der Waals surface area contributed by atoms with E-state index in [1.165, 1.54) is 0 Å². The summed E-state index contributed by atoms with van der Waals surface area (Å²) < 4.78 is 2.71. The van der Waals surface area contributed by atoms with E-state index in [9.17, 15) is 9.59 Å². The van der Waals surface area contributed by atoms with Crippen LogP contribution in [-0.2, 0) is 11.3 Å². The number of hydrogen-bond donors (Lipinski definition) is 1. The summed E-state index contributed by atoms with van der Waals surface area (Å²) in [5.74, 6) is -0.387. The fourth-order valence-electron chi connectivity index (χ4n) is 2.03. The van der Waals surface area contributed by atoms with Crippen molar-refractivity contribution < 1.29 is 9.90 Å². The number of carbonyl (C=O) groups is 1. The van der Waals surface area contributed by atoms with Crippen LogP contribution in [0.3, 0.4) is 0 Å². The molecule has 0 radical (unpaired) electrons. The predicted octanol–water partition coefficient (Wildman–Crippen LogP) is 1.74. The van der Waals surface area contributed by atoms with Gasteiger partial charge in [-0.1, -0.05) is 20.4 Å². The van der Waals surface area contributed by atoms with Gasteiger partial charge in [0.25, 0.3) is 5.56 Å². The Morgan fingerprint density at radius 3 is 2.65 bits per heavy atom. The molecule has 0 fully saturated rings. The monoisotopic (exact) mass is 275 g/mol. The Hall–Kier alpha value is -2.37. The van der Waals surface area contributed by atoms with Crippen molar-refractivity contribution in [1.29, 1.82) is 0 Å². The number of aliphatic carboxylic acids is 1.